The van der Waals surface area contributed by atoms with Crippen molar-refractivity contribution < 1.29 is 9.90 Å². The Bertz CT molecular complexity index is 575. The van der Waals surface area contributed by atoms with Gasteiger partial charge >= 0.3 is 5.97 Å². The Labute approximate surface area is 95.1 Å². The molecule has 2 heterocycles. The Morgan fingerprint density at radius 2 is 2.47 bits per heavy atom. The second-order valence-corrected chi connectivity index (χ2v) is 3.26. The number of carboxylic acids is 1. The molecule has 0 aromatic carbocycles. The van der Waals surface area contributed by atoms with Crippen molar-refractivity contribution in [3.8, 4) is 0 Å². The predicted octanol–water partition coefficient (Wildman–Crippen LogP) is 1.33. The maximum absolute atomic E-state index is 10.7. The van der Waals surface area contributed by atoms with Gasteiger partial charge in [-0.25, -0.2) is 9.67 Å². The van der Waals surface area contributed by atoms with Crippen molar-refractivity contribution in [1.82, 2.24) is 14.8 Å². The number of aliphatic carboxylic acids is 1. The summed E-state index contributed by atoms with van der Waals surface area (Å²) in [4.78, 5) is 17.4. The van der Waals surface area contributed by atoms with E-state index in [1.54, 1.807) is 18.3 Å². The Hall–Kier alpha value is -2.60. The van der Waals surface area contributed by atoms with Crippen molar-refractivity contribution in [3.05, 3.63) is 34.5 Å². The molecule has 0 amide bonds. The van der Waals surface area contributed by atoms with Crippen LogP contribution in [-0.4, -0.2) is 25.8 Å². The first kappa shape index (κ1) is 10.9. The molecule has 86 valence electrons. The standard InChI is InChI=1S/C9H8N6O2/c10-14-12-4-7-6-2-1-3-11-9(6)15(13-7)5-8(16)17/h1-3H,4-5H2,(H,16,17). The summed E-state index contributed by atoms with van der Waals surface area (Å²) in [5, 5.41) is 16.9. The number of carboxylic acid groups (broad SMARTS) is 1. The summed E-state index contributed by atoms with van der Waals surface area (Å²) in [6.07, 6.45) is 1.56. The third kappa shape index (κ3) is 2.16. The third-order valence-corrected chi connectivity index (χ3v) is 2.15. The average Bonchev–Trinajstić information content (AvgIpc) is 2.65. The minimum Gasteiger partial charge on any atom is -0.480 e. The van der Waals surface area contributed by atoms with Crippen molar-refractivity contribution in [3.63, 3.8) is 0 Å². The molecule has 0 bridgehead atoms. The van der Waals surface area contributed by atoms with Crippen LogP contribution in [0.3, 0.4) is 0 Å². The van der Waals surface area contributed by atoms with Crippen LogP contribution in [0, 0.1) is 0 Å². The maximum Gasteiger partial charge on any atom is 0.325 e. The van der Waals surface area contributed by atoms with Gasteiger partial charge in [0.1, 0.15) is 6.54 Å². The van der Waals surface area contributed by atoms with E-state index in [-0.39, 0.29) is 13.1 Å². The number of fused-ring (bicyclic) bond motifs is 1. The Morgan fingerprint density at radius 1 is 1.65 bits per heavy atom. The first-order valence-corrected chi connectivity index (χ1v) is 4.75. The van der Waals surface area contributed by atoms with Crippen molar-refractivity contribution in [2.45, 2.75) is 13.1 Å². The number of hydrogen-bond acceptors (Lipinski definition) is 4. The molecule has 8 heteroatoms. The molecule has 2 rings (SSSR count). The number of hydrogen-bond donors (Lipinski definition) is 1. The molecule has 8 nitrogen and oxygen atoms in total. The zero-order chi connectivity index (χ0) is 12.3. The Morgan fingerprint density at radius 3 is 3.18 bits per heavy atom. The summed E-state index contributed by atoms with van der Waals surface area (Å²) in [6.45, 7) is -0.199. The van der Waals surface area contributed by atoms with Gasteiger partial charge in [-0.2, -0.15) is 5.10 Å². The van der Waals surface area contributed by atoms with E-state index in [1.807, 2.05) is 0 Å². The maximum atomic E-state index is 10.7. The SMILES string of the molecule is [N-]=[N+]=NCc1nn(CC(=O)O)c2ncccc12. The van der Waals surface area contributed by atoms with E-state index < -0.39 is 5.97 Å². The first-order valence-electron chi connectivity index (χ1n) is 4.75. The van der Waals surface area contributed by atoms with Crippen LogP contribution in [0.15, 0.2) is 23.4 Å². The van der Waals surface area contributed by atoms with E-state index >= 15 is 0 Å². The molecule has 0 saturated carbocycles. The molecule has 0 radical (unpaired) electrons. The van der Waals surface area contributed by atoms with Crippen molar-refractivity contribution >= 4 is 17.0 Å². The van der Waals surface area contributed by atoms with Crippen molar-refractivity contribution in [2.75, 3.05) is 0 Å². The number of aromatic nitrogens is 3. The van der Waals surface area contributed by atoms with E-state index in [1.165, 1.54) is 4.68 Å². The first-order chi connectivity index (χ1) is 8.22. The highest BCUT2D eigenvalue weighted by molar-refractivity contribution is 5.79. The molecular formula is C9H8N6O2. The molecular weight excluding hydrogens is 224 g/mol. The van der Waals surface area contributed by atoms with Crippen LogP contribution >= 0.6 is 0 Å². The lowest BCUT2D eigenvalue weighted by Crippen LogP contribution is -2.10. The van der Waals surface area contributed by atoms with Gasteiger partial charge in [0.2, 0.25) is 0 Å². The largest absolute Gasteiger partial charge is 0.480 e. The summed E-state index contributed by atoms with van der Waals surface area (Å²) in [6, 6.07) is 3.48. The van der Waals surface area contributed by atoms with Crippen LogP contribution in [-0.2, 0) is 17.9 Å². The molecule has 17 heavy (non-hydrogen) atoms. The zero-order valence-corrected chi connectivity index (χ0v) is 8.69. The second-order valence-electron chi connectivity index (χ2n) is 3.26. The monoisotopic (exact) mass is 232 g/mol. The topological polar surface area (TPSA) is 117 Å². The van der Waals surface area contributed by atoms with E-state index in [9.17, 15) is 4.79 Å². The Kier molecular flexibility index (Phi) is 2.89. The summed E-state index contributed by atoms with van der Waals surface area (Å²) in [7, 11) is 0. The molecule has 2 aromatic rings. The highest BCUT2D eigenvalue weighted by atomic mass is 16.4. The number of carbonyl (C=O) groups is 1. The number of nitrogens with zero attached hydrogens (tertiary/aromatic N) is 6. The predicted molar refractivity (Wildman–Crippen MR) is 58.0 cm³/mol. The van der Waals surface area contributed by atoms with Gasteiger partial charge in [0, 0.05) is 16.5 Å². The normalized spacial score (nSPS) is 10.1. The van der Waals surface area contributed by atoms with Crippen molar-refractivity contribution in [2.24, 2.45) is 5.11 Å². The minimum absolute atomic E-state index is 0.0747. The molecule has 2 aromatic heterocycles. The fraction of sp³-hybridized carbons (Fsp3) is 0.222. The summed E-state index contributed by atoms with van der Waals surface area (Å²) in [5.41, 5.74) is 9.26. The molecule has 1 N–H and O–H groups in total. The fourth-order valence-electron chi connectivity index (χ4n) is 1.53. The van der Waals surface area contributed by atoms with Crippen LogP contribution in [0.5, 0.6) is 0 Å². The molecule has 0 aliphatic rings. The van der Waals surface area contributed by atoms with Gasteiger partial charge in [-0.05, 0) is 17.7 Å². The summed E-state index contributed by atoms with van der Waals surface area (Å²) < 4.78 is 1.28. The molecule has 0 fully saturated rings. The smallest absolute Gasteiger partial charge is 0.325 e. The van der Waals surface area contributed by atoms with Crippen LogP contribution < -0.4 is 0 Å². The zero-order valence-electron chi connectivity index (χ0n) is 8.69. The molecule has 0 spiro atoms. The van der Waals surface area contributed by atoms with Crippen LogP contribution in [0.2, 0.25) is 0 Å². The third-order valence-electron chi connectivity index (χ3n) is 2.15. The lowest BCUT2D eigenvalue weighted by molar-refractivity contribution is -0.137. The lowest BCUT2D eigenvalue weighted by Gasteiger charge is -1.96. The minimum atomic E-state index is -1.00. The summed E-state index contributed by atoms with van der Waals surface area (Å²) in [5.74, 6) is -1.00. The van der Waals surface area contributed by atoms with Crippen LogP contribution in [0.1, 0.15) is 5.69 Å². The molecule has 0 atom stereocenters. The molecule has 0 aliphatic heterocycles. The highest BCUT2D eigenvalue weighted by Gasteiger charge is 2.12. The van der Waals surface area contributed by atoms with E-state index in [4.69, 9.17) is 10.6 Å². The van der Waals surface area contributed by atoms with Crippen molar-refractivity contribution in [1.29, 1.82) is 0 Å². The second kappa shape index (κ2) is 4.50. The van der Waals surface area contributed by atoms with Gasteiger partial charge in [0.25, 0.3) is 0 Å². The molecule has 0 saturated heterocycles. The van der Waals surface area contributed by atoms with Crippen LogP contribution in [0.25, 0.3) is 21.5 Å². The van der Waals surface area contributed by atoms with E-state index in [0.717, 1.165) is 0 Å². The van der Waals surface area contributed by atoms with Gasteiger partial charge in [-0.15, -0.1) is 0 Å². The number of azide groups is 1. The van der Waals surface area contributed by atoms with Gasteiger partial charge < -0.3 is 5.11 Å². The van der Waals surface area contributed by atoms with Gasteiger partial charge in [0.15, 0.2) is 5.65 Å². The molecule has 0 unspecified atom stereocenters. The fourth-order valence-corrected chi connectivity index (χ4v) is 1.53. The van der Waals surface area contributed by atoms with Gasteiger partial charge in [-0.3, -0.25) is 4.79 Å². The average molecular weight is 232 g/mol. The number of rotatable bonds is 4. The summed E-state index contributed by atoms with van der Waals surface area (Å²) >= 11 is 0. The van der Waals surface area contributed by atoms with E-state index in [2.05, 4.69) is 20.1 Å². The number of pyridine rings is 1. The van der Waals surface area contributed by atoms with Crippen LogP contribution in [0.4, 0.5) is 0 Å². The lowest BCUT2D eigenvalue weighted by atomic mass is 10.2. The van der Waals surface area contributed by atoms with Gasteiger partial charge in [0.05, 0.1) is 12.2 Å². The Balaban J connectivity index is 2.53. The molecule has 0 aliphatic carbocycles. The highest BCUT2D eigenvalue weighted by Crippen LogP contribution is 2.16. The quantitative estimate of drug-likeness (QED) is 0.486. The van der Waals surface area contributed by atoms with E-state index in [0.29, 0.717) is 16.7 Å². The van der Waals surface area contributed by atoms with Gasteiger partial charge in [-0.1, -0.05) is 5.11 Å².